The first-order valence-corrected chi connectivity index (χ1v) is 9.07. The number of anilines is 1. The van der Waals surface area contributed by atoms with Crippen molar-refractivity contribution in [3.05, 3.63) is 52.5 Å². The van der Waals surface area contributed by atoms with E-state index in [2.05, 4.69) is 42.2 Å². The van der Waals surface area contributed by atoms with Crippen LogP contribution in [0.4, 0.5) is 5.13 Å². The van der Waals surface area contributed by atoms with Gasteiger partial charge in [-0.15, -0.1) is 11.3 Å². The minimum atomic E-state index is -0.287. The van der Waals surface area contributed by atoms with Crippen LogP contribution in [0, 0.1) is 11.3 Å². The Labute approximate surface area is 146 Å². The second-order valence-electron chi connectivity index (χ2n) is 5.90. The highest BCUT2D eigenvalue weighted by molar-refractivity contribution is 7.13. The molecule has 3 atom stereocenters. The van der Waals surface area contributed by atoms with Crippen molar-refractivity contribution in [2.75, 3.05) is 11.5 Å². The Kier molecular flexibility index (Phi) is 4.98. The largest absolute Gasteiger partial charge is 0.394 e. The van der Waals surface area contributed by atoms with Crippen molar-refractivity contribution in [2.24, 2.45) is 0 Å². The molecule has 1 aromatic heterocycles. The Balaban J connectivity index is 1.87. The highest BCUT2D eigenvalue weighted by atomic mass is 32.1. The van der Waals surface area contributed by atoms with E-state index in [1.165, 1.54) is 0 Å². The molecule has 124 valence electrons. The van der Waals surface area contributed by atoms with Crippen LogP contribution in [0.3, 0.4) is 0 Å². The minimum absolute atomic E-state index is 0.00799. The minimum Gasteiger partial charge on any atom is -0.394 e. The van der Waals surface area contributed by atoms with E-state index in [1.54, 1.807) is 11.3 Å². The molecule has 0 saturated carbocycles. The first-order chi connectivity index (χ1) is 11.7. The Morgan fingerprint density at radius 1 is 1.38 bits per heavy atom. The molecule has 1 fully saturated rings. The molecule has 0 unspecified atom stereocenters. The predicted molar refractivity (Wildman–Crippen MR) is 98.1 cm³/mol. The van der Waals surface area contributed by atoms with Gasteiger partial charge in [0.1, 0.15) is 6.04 Å². The number of aromatic nitrogens is 1. The first-order valence-electron chi connectivity index (χ1n) is 8.19. The summed E-state index contributed by atoms with van der Waals surface area (Å²) in [6.45, 7) is 4.07. The van der Waals surface area contributed by atoms with Crippen LogP contribution < -0.4 is 4.90 Å². The van der Waals surface area contributed by atoms with E-state index in [1.807, 2.05) is 29.4 Å². The van der Waals surface area contributed by atoms with Gasteiger partial charge in [0, 0.05) is 11.3 Å². The Bertz CT molecular complexity index is 760. The van der Waals surface area contributed by atoms with E-state index in [0.717, 1.165) is 28.4 Å². The van der Waals surface area contributed by atoms with Crippen molar-refractivity contribution >= 4 is 22.5 Å². The zero-order valence-corrected chi connectivity index (χ0v) is 14.7. The summed E-state index contributed by atoms with van der Waals surface area (Å²) < 4.78 is 0. The molecule has 4 nitrogen and oxygen atoms in total. The third-order valence-electron chi connectivity index (χ3n) is 4.53. The summed E-state index contributed by atoms with van der Waals surface area (Å²) in [4.78, 5) is 6.55. The number of aliphatic hydroxyl groups is 1. The third-order valence-corrected chi connectivity index (χ3v) is 5.44. The predicted octanol–water partition coefficient (Wildman–Crippen LogP) is 3.60. The fourth-order valence-electron chi connectivity index (χ4n) is 3.27. The molecule has 24 heavy (non-hydrogen) atoms. The lowest BCUT2D eigenvalue weighted by atomic mass is 9.76. The summed E-state index contributed by atoms with van der Waals surface area (Å²) in [7, 11) is 0. The molecule has 1 aromatic carbocycles. The Morgan fingerprint density at radius 2 is 2.12 bits per heavy atom. The van der Waals surface area contributed by atoms with Crippen LogP contribution in [0.1, 0.15) is 36.6 Å². The van der Waals surface area contributed by atoms with E-state index in [-0.39, 0.29) is 24.6 Å². The van der Waals surface area contributed by atoms with Gasteiger partial charge in [-0.1, -0.05) is 43.3 Å². The quantitative estimate of drug-likeness (QED) is 0.904. The molecule has 2 heterocycles. The van der Waals surface area contributed by atoms with Crippen molar-refractivity contribution in [1.82, 2.24) is 4.98 Å². The molecule has 2 aromatic rings. The van der Waals surface area contributed by atoms with Gasteiger partial charge in [0.15, 0.2) is 5.13 Å². The van der Waals surface area contributed by atoms with Crippen LogP contribution in [0.2, 0.25) is 0 Å². The maximum absolute atomic E-state index is 9.88. The second kappa shape index (κ2) is 7.16. The van der Waals surface area contributed by atoms with Crippen LogP contribution in [0.15, 0.2) is 35.7 Å². The van der Waals surface area contributed by atoms with E-state index in [4.69, 9.17) is 0 Å². The number of hydrogen-bond acceptors (Lipinski definition) is 5. The van der Waals surface area contributed by atoms with Crippen LogP contribution in [0.5, 0.6) is 0 Å². The number of hydrogen-bond donors (Lipinski definition) is 1. The number of allylic oxidation sites excluding steroid dienone is 1. The molecular formula is C19H21N3OS. The van der Waals surface area contributed by atoms with Gasteiger partial charge in [-0.25, -0.2) is 4.98 Å². The number of rotatable bonds is 5. The van der Waals surface area contributed by atoms with Gasteiger partial charge < -0.3 is 10.0 Å². The lowest BCUT2D eigenvalue weighted by Crippen LogP contribution is -2.63. The number of nitriles is 1. The van der Waals surface area contributed by atoms with Crippen molar-refractivity contribution in [3.63, 3.8) is 0 Å². The average molecular weight is 339 g/mol. The molecule has 5 heteroatoms. The number of nitrogens with zero attached hydrogens (tertiary/aromatic N) is 3. The Hall–Kier alpha value is -2.16. The van der Waals surface area contributed by atoms with Crippen molar-refractivity contribution < 1.29 is 5.11 Å². The summed E-state index contributed by atoms with van der Waals surface area (Å²) in [6.07, 6.45) is 4.92. The van der Waals surface area contributed by atoms with E-state index >= 15 is 0 Å². The monoisotopic (exact) mass is 339 g/mol. The highest BCUT2D eigenvalue weighted by Gasteiger charge is 2.50. The van der Waals surface area contributed by atoms with Gasteiger partial charge in [-0.3, -0.25) is 0 Å². The Morgan fingerprint density at radius 3 is 2.67 bits per heavy atom. The van der Waals surface area contributed by atoms with Crippen molar-refractivity contribution in [3.8, 4) is 6.07 Å². The van der Waals surface area contributed by atoms with Crippen LogP contribution in [0.25, 0.3) is 6.08 Å². The summed E-state index contributed by atoms with van der Waals surface area (Å²) in [5.41, 5.74) is 3.26. The molecule has 1 aliphatic heterocycles. The molecular weight excluding hydrogens is 318 g/mol. The molecule has 0 aliphatic carbocycles. The number of aliphatic hydroxyl groups excluding tert-OH is 1. The van der Waals surface area contributed by atoms with Crippen LogP contribution in [-0.4, -0.2) is 28.8 Å². The smallest absolute Gasteiger partial charge is 0.186 e. The fourth-order valence-corrected chi connectivity index (χ4v) is 4.27. The maximum atomic E-state index is 9.88. The van der Waals surface area contributed by atoms with Gasteiger partial charge in [0.25, 0.3) is 0 Å². The third kappa shape index (κ3) is 2.83. The summed E-state index contributed by atoms with van der Waals surface area (Å²) in [6, 6.07) is 10.2. The first kappa shape index (κ1) is 16.7. The molecule has 0 radical (unpaired) electrons. The number of benzene rings is 1. The van der Waals surface area contributed by atoms with Gasteiger partial charge >= 0.3 is 0 Å². The van der Waals surface area contributed by atoms with Crippen molar-refractivity contribution in [1.29, 1.82) is 5.26 Å². The summed E-state index contributed by atoms with van der Waals surface area (Å²) >= 11 is 1.55. The maximum Gasteiger partial charge on any atom is 0.186 e. The lowest BCUT2D eigenvalue weighted by molar-refractivity contribution is 0.187. The fraction of sp³-hybridized carbons (Fsp3) is 0.368. The van der Waals surface area contributed by atoms with Gasteiger partial charge in [-0.2, -0.15) is 5.26 Å². The van der Waals surface area contributed by atoms with Gasteiger partial charge in [-0.05, 0) is 24.5 Å². The van der Waals surface area contributed by atoms with Crippen LogP contribution >= 0.6 is 11.3 Å². The van der Waals surface area contributed by atoms with E-state index in [0.29, 0.717) is 0 Å². The molecule has 3 rings (SSSR count). The van der Waals surface area contributed by atoms with Gasteiger partial charge in [0.05, 0.1) is 24.4 Å². The molecule has 1 saturated heterocycles. The second-order valence-corrected chi connectivity index (χ2v) is 6.74. The summed E-state index contributed by atoms with van der Waals surface area (Å²) in [5.74, 6) is 0.00799. The number of aryl methyl sites for hydroxylation is 1. The average Bonchev–Trinajstić information content (AvgIpc) is 3.05. The topological polar surface area (TPSA) is 60.1 Å². The normalized spacial score (nSPS) is 23.2. The molecule has 0 amide bonds. The molecule has 0 spiro atoms. The molecule has 1 N–H and O–H groups in total. The zero-order chi connectivity index (χ0) is 17.1. The van der Waals surface area contributed by atoms with E-state index in [9.17, 15) is 10.4 Å². The number of thiazole rings is 1. The van der Waals surface area contributed by atoms with E-state index < -0.39 is 0 Å². The van der Waals surface area contributed by atoms with Crippen LogP contribution in [-0.2, 0) is 6.42 Å². The zero-order valence-electron chi connectivity index (χ0n) is 13.9. The van der Waals surface area contributed by atoms with Crippen molar-refractivity contribution in [2.45, 2.75) is 38.3 Å². The molecule has 1 aliphatic rings. The SMILES string of the molecule is CC=Cc1ccc([C@@H]2[C@@H](CO)N(c3nc(CC)cs3)[C@H]2C#N)cc1. The van der Waals surface area contributed by atoms with Gasteiger partial charge in [0.2, 0.25) is 0 Å². The standard InChI is InChI=1S/C19H21N3OS/c1-3-5-13-6-8-14(9-7-13)18-16(10-20)22(17(18)11-23)19-21-15(4-2)12-24-19/h3,5-9,12,16-18,23H,4,11H2,1-2H3/t16-,17+,18-/m0/s1. The molecule has 0 bridgehead atoms. The summed E-state index contributed by atoms with van der Waals surface area (Å²) in [5, 5.41) is 22.4. The lowest BCUT2D eigenvalue weighted by Gasteiger charge is -2.51. The highest BCUT2D eigenvalue weighted by Crippen LogP contribution is 2.44.